The summed E-state index contributed by atoms with van der Waals surface area (Å²) >= 11 is 5.80. The lowest BCUT2D eigenvalue weighted by atomic mass is 10.1. The summed E-state index contributed by atoms with van der Waals surface area (Å²) in [5.74, 6) is 0.185. The quantitative estimate of drug-likeness (QED) is 0.437. The van der Waals surface area contributed by atoms with Crippen LogP contribution in [-0.2, 0) is 6.42 Å². The highest BCUT2D eigenvalue weighted by molar-refractivity contribution is 6.29. The fourth-order valence-corrected chi connectivity index (χ4v) is 2.46. The minimum atomic E-state index is -0.479. The zero-order chi connectivity index (χ0) is 16.2. The fourth-order valence-electron chi connectivity index (χ4n) is 2.31. The zero-order valence-corrected chi connectivity index (χ0v) is 12.8. The highest BCUT2D eigenvalue weighted by Gasteiger charge is 2.15. The Morgan fingerprint density at radius 3 is 2.91 bits per heavy atom. The molecule has 0 fully saturated rings. The molecule has 1 aromatic carbocycles. The van der Waals surface area contributed by atoms with Crippen molar-refractivity contribution in [2.24, 2.45) is 0 Å². The second-order valence-corrected chi connectivity index (χ2v) is 5.35. The molecule has 2 heterocycles. The molecule has 0 saturated carbocycles. The van der Waals surface area contributed by atoms with Crippen LogP contribution in [0, 0.1) is 10.1 Å². The first-order valence-corrected chi connectivity index (χ1v) is 7.40. The van der Waals surface area contributed by atoms with Crippen molar-refractivity contribution in [2.75, 3.05) is 11.9 Å². The van der Waals surface area contributed by atoms with Gasteiger partial charge in [0.15, 0.2) is 0 Å². The second kappa shape index (κ2) is 6.58. The van der Waals surface area contributed by atoms with E-state index in [0.717, 1.165) is 16.5 Å². The number of halogens is 1. The number of hydrogen-bond acceptors (Lipinski definition) is 5. The van der Waals surface area contributed by atoms with Crippen LogP contribution in [0.5, 0.6) is 0 Å². The maximum atomic E-state index is 11.0. The topological polar surface area (TPSA) is 81.0 Å². The molecule has 6 nitrogen and oxygen atoms in total. The number of aromatic nitrogens is 2. The Hall–Kier alpha value is -2.73. The van der Waals surface area contributed by atoms with Crippen molar-refractivity contribution < 1.29 is 4.92 Å². The molecule has 2 aromatic heterocycles. The average Bonchev–Trinajstić information content (AvgIpc) is 2.54. The lowest BCUT2D eigenvalue weighted by molar-refractivity contribution is -0.384. The van der Waals surface area contributed by atoms with Gasteiger partial charge in [0.2, 0.25) is 5.82 Å². The molecule has 3 aromatic rings. The van der Waals surface area contributed by atoms with Gasteiger partial charge in [0.25, 0.3) is 0 Å². The van der Waals surface area contributed by atoms with Crippen molar-refractivity contribution in [1.29, 1.82) is 0 Å². The van der Waals surface area contributed by atoms with E-state index in [4.69, 9.17) is 11.6 Å². The smallest absolute Gasteiger partial charge is 0.311 e. The molecule has 0 aliphatic rings. The number of pyridine rings is 2. The Kier molecular flexibility index (Phi) is 4.34. The van der Waals surface area contributed by atoms with Crippen LogP contribution in [-0.4, -0.2) is 21.4 Å². The van der Waals surface area contributed by atoms with Gasteiger partial charge in [-0.1, -0.05) is 23.7 Å². The molecule has 1 N–H and O–H groups in total. The normalized spacial score (nSPS) is 10.7. The number of benzene rings is 1. The van der Waals surface area contributed by atoms with Gasteiger partial charge in [0.05, 0.1) is 10.4 Å². The highest BCUT2D eigenvalue weighted by atomic mass is 35.5. The van der Waals surface area contributed by atoms with E-state index in [0.29, 0.717) is 13.0 Å². The maximum Gasteiger partial charge on any atom is 0.311 e. The van der Waals surface area contributed by atoms with Crippen LogP contribution in [0.1, 0.15) is 5.56 Å². The molecule has 0 bridgehead atoms. The minimum absolute atomic E-state index is 0.0860. The van der Waals surface area contributed by atoms with E-state index in [1.807, 2.05) is 24.3 Å². The van der Waals surface area contributed by atoms with Crippen molar-refractivity contribution in [1.82, 2.24) is 9.97 Å². The third-order valence-electron chi connectivity index (χ3n) is 3.41. The van der Waals surface area contributed by atoms with Crippen molar-refractivity contribution in [3.8, 4) is 0 Å². The number of nitrogens with one attached hydrogen (secondary N) is 1. The zero-order valence-electron chi connectivity index (χ0n) is 12.1. The van der Waals surface area contributed by atoms with Crippen LogP contribution in [0.25, 0.3) is 10.9 Å². The number of rotatable bonds is 5. The van der Waals surface area contributed by atoms with Gasteiger partial charge in [-0.05, 0) is 36.2 Å². The van der Waals surface area contributed by atoms with Gasteiger partial charge in [-0.25, -0.2) is 4.98 Å². The molecule has 0 radical (unpaired) electrons. The van der Waals surface area contributed by atoms with Gasteiger partial charge in [-0.2, -0.15) is 0 Å². The monoisotopic (exact) mass is 328 g/mol. The van der Waals surface area contributed by atoms with Gasteiger partial charge >= 0.3 is 5.69 Å². The first-order chi connectivity index (χ1) is 11.1. The molecule has 0 amide bonds. The van der Waals surface area contributed by atoms with Crippen LogP contribution >= 0.6 is 11.6 Å². The van der Waals surface area contributed by atoms with Crippen molar-refractivity contribution >= 4 is 34.0 Å². The van der Waals surface area contributed by atoms with Crippen molar-refractivity contribution in [3.05, 3.63) is 69.5 Å². The fraction of sp³-hybridized carbons (Fsp3) is 0.125. The molecule has 23 heavy (non-hydrogen) atoms. The van der Waals surface area contributed by atoms with Gasteiger partial charge in [-0.3, -0.25) is 15.1 Å². The number of anilines is 1. The molecule has 7 heteroatoms. The summed E-state index contributed by atoms with van der Waals surface area (Å²) in [4.78, 5) is 18.8. The van der Waals surface area contributed by atoms with E-state index >= 15 is 0 Å². The summed E-state index contributed by atoms with van der Waals surface area (Å²) in [5.41, 5.74) is 1.97. The lowest BCUT2D eigenvalue weighted by Crippen LogP contribution is -2.08. The highest BCUT2D eigenvalue weighted by Crippen LogP contribution is 2.24. The SMILES string of the molecule is O=[N+]([O-])c1ccc(Cl)nc1NCCc1ccc2ncccc2c1. The summed E-state index contributed by atoms with van der Waals surface area (Å²) in [7, 11) is 0. The molecule has 0 atom stereocenters. The Morgan fingerprint density at radius 2 is 2.09 bits per heavy atom. The van der Waals surface area contributed by atoms with Crippen LogP contribution < -0.4 is 5.32 Å². The first-order valence-electron chi connectivity index (χ1n) is 7.02. The minimum Gasteiger partial charge on any atom is -0.364 e. The Labute approximate surface area is 137 Å². The molecule has 0 unspecified atom stereocenters. The predicted molar refractivity (Wildman–Crippen MR) is 89.8 cm³/mol. The Balaban J connectivity index is 1.71. The third kappa shape index (κ3) is 3.54. The second-order valence-electron chi connectivity index (χ2n) is 4.97. The molecule has 0 saturated heterocycles. The van der Waals surface area contributed by atoms with Crippen molar-refractivity contribution in [3.63, 3.8) is 0 Å². The third-order valence-corrected chi connectivity index (χ3v) is 3.62. The average molecular weight is 329 g/mol. The lowest BCUT2D eigenvalue weighted by Gasteiger charge is -2.07. The Morgan fingerprint density at radius 1 is 1.22 bits per heavy atom. The van der Waals surface area contributed by atoms with E-state index in [-0.39, 0.29) is 16.7 Å². The Bertz CT molecular complexity index is 870. The molecule has 116 valence electrons. The standard InChI is InChI=1S/C16H13ClN4O2/c17-15-6-5-14(21(22)23)16(20-15)19-9-7-11-3-4-13-12(10-11)2-1-8-18-13/h1-6,8,10H,7,9H2,(H,19,20). The van der Waals surface area contributed by atoms with Gasteiger partial charge in [0, 0.05) is 24.2 Å². The van der Waals surface area contributed by atoms with Crippen molar-refractivity contribution in [2.45, 2.75) is 6.42 Å². The predicted octanol–water partition coefficient (Wildman–Crippen LogP) is 3.85. The number of nitro groups is 1. The molecule has 0 aliphatic carbocycles. The van der Waals surface area contributed by atoms with E-state index < -0.39 is 4.92 Å². The molecular weight excluding hydrogens is 316 g/mol. The van der Waals surface area contributed by atoms with E-state index in [1.54, 1.807) is 6.20 Å². The summed E-state index contributed by atoms with van der Waals surface area (Å²) in [5, 5.41) is 15.3. The number of fused-ring (bicyclic) bond motifs is 1. The van der Waals surface area contributed by atoms with E-state index in [9.17, 15) is 10.1 Å². The molecule has 3 rings (SSSR count). The van der Waals surface area contributed by atoms with E-state index in [1.165, 1.54) is 12.1 Å². The summed E-state index contributed by atoms with van der Waals surface area (Å²) in [6.07, 6.45) is 2.46. The molecule has 0 spiro atoms. The molecule has 0 aliphatic heterocycles. The van der Waals surface area contributed by atoms with Crippen LogP contribution in [0.3, 0.4) is 0 Å². The van der Waals surface area contributed by atoms with Crippen LogP contribution in [0.15, 0.2) is 48.7 Å². The van der Waals surface area contributed by atoms with Gasteiger partial charge < -0.3 is 5.32 Å². The van der Waals surface area contributed by atoms with Crippen LogP contribution in [0.2, 0.25) is 5.15 Å². The van der Waals surface area contributed by atoms with Crippen LogP contribution in [0.4, 0.5) is 11.5 Å². The number of hydrogen-bond donors (Lipinski definition) is 1. The van der Waals surface area contributed by atoms with Gasteiger partial charge in [-0.15, -0.1) is 0 Å². The summed E-state index contributed by atoms with van der Waals surface area (Å²) in [6.45, 7) is 0.514. The van der Waals surface area contributed by atoms with E-state index in [2.05, 4.69) is 21.4 Å². The largest absolute Gasteiger partial charge is 0.364 e. The molecular formula is C16H13ClN4O2. The summed E-state index contributed by atoms with van der Waals surface area (Å²) in [6, 6.07) is 12.7. The number of nitrogens with zero attached hydrogens (tertiary/aromatic N) is 3. The first kappa shape index (κ1) is 15.2. The van der Waals surface area contributed by atoms with Gasteiger partial charge in [0.1, 0.15) is 5.15 Å². The summed E-state index contributed by atoms with van der Waals surface area (Å²) < 4.78 is 0. The maximum absolute atomic E-state index is 11.0.